The van der Waals surface area contributed by atoms with E-state index in [4.69, 9.17) is 0 Å². The molecule has 0 radical (unpaired) electrons. The summed E-state index contributed by atoms with van der Waals surface area (Å²) in [5.41, 5.74) is 0. The lowest BCUT2D eigenvalue weighted by atomic mass is 10.2. The lowest BCUT2D eigenvalue weighted by Gasteiger charge is -2.19. The molecule has 0 aliphatic rings. The first kappa shape index (κ1) is 16.9. The zero-order valence-corrected chi connectivity index (χ0v) is 12.6. The van der Waals surface area contributed by atoms with Crippen LogP contribution in [0.2, 0.25) is 0 Å². The maximum absolute atomic E-state index is 12.0. The van der Waals surface area contributed by atoms with Crippen molar-refractivity contribution < 1.29 is 8.42 Å². The molecule has 0 amide bonds. The van der Waals surface area contributed by atoms with Crippen LogP contribution in [-0.2, 0) is 10.0 Å². The minimum absolute atomic E-state index is 0.0291. The molecule has 0 aliphatic carbocycles. The van der Waals surface area contributed by atoms with E-state index in [-0.39, 0.29) is 6.04 Å². The molecule has 2 N–H and O–H groups in total. The number of hydrogen-bond donors (Lipinski definition) is 2. The Kier molecular flexibility index (Phi) is 8.00. The van der Waals surface area contributed by atoms with Crippen molar-refractivity contribution in [2.75, 3.05) is 6.54 Å². The molecule has 17 heavy (non-hydrogen) atoms. The highest BCUT2D eigenvalue weighted by Crippen LogP contribution is 2.04. The molecule has 0 bridgehead atoms. The third kappa shape index (κ3) is 7.73. The quantitative estimate of drug-likeness (QED) is 0.668. The summed E-state index contributed by atoms with van der Waals surface area (Å²) in [7, 11) is -3.20. The first-order valence-corrected chi connectivity index (χ1v) is 8.08. The molecular weight excluding hydrogens is 236 g/mol. The Morgan fingerprint density at radius 3 is 2.18 bits per heavy atom. The van der Waals surface area contributed by atoms with Crippen molar-refractivity contribution in [3.05, 3.63) is 0 Å². The smallest absolute Gasteiger partial charge is 0.215 e. The predicted octanol–water partition coefficient (Wildman–Crippen LogP) is 1.87. The van der Waals surface area contributed by atoms with Crippen LogP contribution in [0.3, 0.4) is 0 Å². The van der Waals surface area contributed by atoms with Crippen molar-refractivity contribution in [3.63, 3.8) is 0 Å². The van der Waals surface area contributed by atoms with E-state index in [9.17, 15) is 8.42 Å². The van der Waals surface area contributed by atoms with Crippen molar-refractivity contribution in [2.24, 2.45) is 0 Å². The molecule has 0 heterocycles. The normalized spacial score (nSPS) is 16.1. The minimum atomic E-state index is -3.20. The molecule has 0 saturated carbocycles. The lowest BCUT2D eigenvalue weighted by Crippen LogP contribution is -2.43. The molecule has 4 nitrogen and oxygen atoms in total. The lowest BCUT2D eigenvalue weighted by molar-refractivity contribution is 0.513. The monoisotopic (exact) mass is 264 g/mol. The molecule has 0 spiro atoms. The third-order valence-corrected chi connectivity index (χ3v) is 4.66. The largest absolute Gasteiger partial charge is 0.313 e. The number of rotatable bonds is 9. The van der Waals surface area contributed by atoms with Crippen LogP contribution in [-0.4, -0.2) is 32.3 Å². The van der Waals surface area contributed by atoms with Gasteiger partial charge in [-0.05, 0) is 20.3 Å². The van der Waals surface area contributed by atoms with E-state index < -0.39 is 15.3 Å². The van der Waals surface area contributed by atoms with Crippen LogP contribution in [0.1, 0.15) is 53.9 Å². The summed E-state index contributed by atoms with van der Waals surface area (Å²) in [5, 5.41) is 2.75. The van der Waals surface area contributed by atoms with Gasteiger partial charge < -0.3 is 5.32 Å². The van der Waals surface area contributed by atoms with Crippen molar-refractivity contribution >= 4 is 10.0 Å². The zero-order valence-electron chi connectivity index (χ0n) is 11.8. The van der Waals surface area contributed by atoms with Crippen LogP contribution >= 0.6 is 0 Å². The highest BCUT2D eigenvalue weighted by Gasteiger charge is 2.22. The summed E-state index contributed by atoms with van der Waals surface area (Å²) in [6.07, 6.45) is 3.05. The predicted molar refractivity (Wildman–Crippen MR) is 73.6 cm³/mol. The molecule has 5 heteroatoms. The summed E-state index contributed by atoms with van der Waals surface area (Å²) >= 11 is 0. The fraction of sp³-hybridized carbons (Fsp3) is 1.00. The van der Waals surface area contributed by atoms with Gasteiger partial charge in [0.1, 0.15) is 0 Å². The summed E-state index contributed by atoms with van der Waals surface area (Å²) in [6, 6.07) is 0.339. The van der Waals surface area contributed by atoms with Crippen molar-refractivity contribution in [2.45, 2.75) is 71.2 Å². The van der Waals surface area contributed by atoms with E-state index in [1.165, 1.54) is 0 Å². The molecule has 0 aliphatic heterocycles. The second kappa shape index (κ2) is 8.06. The van der Waals surface area contributed by atoms with Gasteiger partial charge >= 0.3 is 0 Å². The molecule has 2 atom stereocenters. The molecule has 0 aromatic rings. The van der Waals surface area contributed by atoms with E-state index in [1.807, 2.05) is 20.8 Å². The Morgan fingerprint density at radius 2 is 1.71 bits per heavy atom. The van der Waals surface area contributed by atoms with Gasteiger partial charge in [0, 0.05) is 18.6 Å². The molecular formula is C12H28N2O2S. The van der Waals surface area contributed by atoms with Gasteiger partial charge in [0.15, 0.2) is 0 Å². The van der Waals surface area contributed by atoms with Gasteiger partial charge in [-0.3, -0.25) is 0 Å². The van der Waals surface area contributed by atoms with E-state index in [0.717, 1.165) is 19.3 Å². The van der Waals surface area contributed by atoms with Crippen molar-refractivity contribution in [1.29, 1.82) is 0 Å². The fourth-order valence-corrected chi connectivity index (χ4v) is 2.70. The standard InChI is InChI=1S/C12H28N2O2S/c1-6-7-8-11(4)14-17(15,16)12(5)9-13-10(2)3/h10-14H,6-9H2,1-5H3. The van der Waals surface area contributed by atoms with Crippen molar-refractivity contribution in [3.8, 4) is 0 Å². The topological polar surface area (TPSA) is 58.2 Å². The summed E-state index contributed by atoms with van der Waals surface area (Å²) in [4.78, 5) is 0. The van der Waals surface area contributed by atoms with E-state index in [0.29, 0.717) is 12.6 Å². The molecule has 104 valence electrons. The van der Waals surface area contributed by atoms with Crippen LogP contribution in [0.25, 0.3) is 0 Å². The third-order valence-electron chi connectivity index (χ3n) is 2.70. The zero-order chi connectivity index (χ0) is 13.5. The maximum atomic E-state index is 12.0. The second-order valence-corrected chi connectivity index (χ2v) is 7.21. The molecule has 0 rings (SSSR count). The highest BCUT2D eigenvalue weighted by molar-refractivity contribution is 7.90. The van der Waals surface area contributed by atoms with Crippen molar-refractivity contribution in [1.82, 2.24) is 10.0 Å². The van der Waals surface area contributed by atoms with Gasteiger partial charge in [-0.25, -0.2) is 13.1 Å². The van der Waals surface area contributed by atoms with Crippen LogP contribution in [0, 0.1) is 0 Å². The second-order valence-electron chi connectivity index (χ2n) is 5.08. The maximum Gasteiger partial charge on any atom is 0.215 e. The van der Waals surface area contributed by atoms with Gasteiger partial charge in [-0.2, -0.15) is 0 Å². The Balaban J connectivity index is 4.17. The van der Waals surface area contributed by atoms with Crippen LogP contribution in [0.5, 0.6) is 0 Å². The van der Waals surface area contributed by atoms with E-state index in [2.05, 4.69) is 17.0 Å². The van der Waals surface area contributed by atoms with E-state index in [1.54, 1.807) is 6.92 Å². The van der Waals surface area contributed by atoms with Gasteiger partial charge in [-0.15, -0.1) is 0 Å². The minimum Gasteiger partial charge on any atom is -0.313 e. The van der Waals surface area contributed by atoms with Gasteiger partial charge in [0.2, 0.25) is 10.0 Å². The number of sulfonamides is 1. The summed E-state index contributed by atoms with van der Waals surface area (Å²) in [5.74, 6) is 0. The SMILES string of the molecule is CCCCC(C)NS(=O)(=O)C(C)CNC(C)C. The van der Waals surface area contributed by atoms with Crippen LogP contribution in [0.15, 0.2) is 0 Å². The molecule has 0 fully saturated rings. The molecule has 0 saturated heterocycles. The Morgan fingerprint density at radius 1 is 1.12 bits per heavy atom. The van der Waals surface area contributed by atoms with Gasteiger partial charge in [0.05, 0.1) is 5.25 Å². The number of nitrogens with one attached hydrogen (secondary N) is 2. The first-order chi connectivity index (χ1) is 7.79. The highest BCUT2D eigenvalue weighted by atomic mass is 32.2. The Hall–Kier alpha value is -0.130. The first-order valence-electron chi connectivity index (χ1n) is 6.54. The van der Waals surface area contributed by atoms with Crippen LogP contribution in [0.4, 0.5) is 0 Å². The van der Waals surface area contributed by atoms with Gasteiger partial charge in [-0.1, -0.05) is 33.6 Å². The van der Waals surface area contributed by atoms with Gasteiger partial charge in [0.25, 0.3) is 0 Å². The summed E-state index contributed by atoms with van der Waals surface area (Å²) in [6.45, 7) is 10.3. The Labute approximate surface area is 107 Å². The summed E-state index contributed by atoms with van der Waals surface area (Å²) < 4.78 is 26.7. The molecule has 0 aromatic heterocycles. The van der Waals surface area contributed by atoms with E-state index >= 15 is 0 Å². The Bertz CT molecular complexity index is 289. The average Bonchev–Trinajstić information content (AvgIpc) is 2.22. The number of unbranched alkanes of at least 4 members (excludes halogenated alkanes) is 1. The molecule has 2 unspecified atom stereocenters. The average molecular weight is 264 g/mol. The van der Waals surface area contributed by atoms with Crippen LogP contribution < -0.4 is 10.0 Å². The number of hydrogen-bond acceptors (Lipinski definition) is 3. The molecule has 0 aromatic carbocycles. The fourth-order valence-electron chi connectivity index (χ4n) is 1.48.